The average Bonchev–Trinajstić information content (AvgIpc) is 2.69. The molecular weight excluding hydrogens is 360 g/mol. The van der Waals surface area contributed by atoms with Gasteiger partial charge < -0.3 is 29.2 Å². The van der Waals surface area contributed by atoms with E-state index in [4.69, 9.17) is 18.9 Å². The Morgan fingerprint density at radius 2 is 0.714 bits per heavy atom. The molecule has 0 heterocycles. The molecule has 1 rings (SSSR count). The molecule has 0 bridgehead atoms. The fraction of sp³-hybridized carbons (Fsp3) is 1.00. The van der Waals surface area contributed by atoms with Crippen LogP contribution < -0.4 is 0 Å². The fourth-order valence-electron chi connectivity index (χ4n) is 3.37. The molecule has 1 aliphatic carbocycles. The van der Waals surface area contributed by atoms with E-state index in [1.807, 2.05) is 0 Å². The lowest BCUT2D eigenvalue weighted by Crippen LogP contribution is -2.66. The van der Waals surface area contributed by atoms with Crippen LogP contribution in [0.1, 0.15) is 79.1 Å². The van der Waals surface area contributed by atoms with Gasteiger partial charge in [0.15, 0.2) is 0 Å². The number of rotatable bonds is 16. The molecule has 1 saturated carbocycles. The molecule has 0 saturated heterocycles. The molecule has 0 radical (unpaired) electrons. The number of aliphatic hydroxyl groups excluding tert-OH is 2. The van der Waals surface area contributed by atoms with E-state index in [1.165, 1.54) is 0 Å². The molecule has 0 aliphatic heterocycles. The van der Waals surface area contributed by atoms with Crippen molar-refractivity contribution >= 4 is 0 Å². The Kier molecular flexibility index (Phi) is 14.4. The van der Waals surface area contributed by atoms with E-state index in [0.717, 1.165) is 51.4 Å². The quantitative estimate of drug-likeness (QED) is 0.384. The predicted molar refractivity (Wildman–Crippen MR) is 111 cm³/mol. The molecule has 28 heavy (non-hydrogen) atoms. The topological polar surface area (TPSA) is 77.4 Å². The van der Waals surface area contributed by atoms with E-state index < -0.39 is 36.6 Å². The van der Waals surface area contributed by atoms with Gasteiger partial charge in [0.2, 0.25) is 0 Å². The summed E-state index contributed by atoms with van der Waals surface area (Å²) in [7, 11) is 0. The molecule has 0 spiro atoms. The van der Waals surface area contributed by atoms with Crippen molar-refractivity contribution < 1.29 is 29.2 Å². The van der Waals surface area contributed by atoms with Gasteiger partial charge in [-0.15, -0.1) is 0 Å². The zero-order valence-corrected chi connectivity index (χ0v) is 18.5. The molecule has 1 aliphatic rings. The first-order valence-electron chi connectivity index (χ1n) is 11.4. The summed E-state index contributed by atoms with van der Waals surface area (Å²) in [5, 5.41) is 21.6. The van der Waals surface area contributed by atoms with Crippen LogP contribution in [-0.4, -0.2) is 73.3 Å². The van der Waals surface area contributed by atoms with E-state index in [0.29, 0.717) is 26.4 Å². The van der Waals surface area contributed by atoms with Gasteiger partial charge >= 0.3 is 0 Å². The SMILES string of the molecule is CCCCOC1C(OCCCC)[C@@H](OCCCC)[C@@H](OCCCC)C(O)[C@H]1O. The summed E-state index contributed by atoms with van der Waals surface area (Å²) in [6, 6.07) is 0. The predicted octanol–water partition coefficient (Wildman–Crippen LogP) is 3.46. The Bertz CT molecular complexity index is 333. The number of aliphatic hydroxyl groups is 2. The Hall–Kier alpha value is -0.240. The Balaban J connectivity index is 2.98. The molecule has 6 atom stereocenters. The molecule has 6 heteroatoms. The van der Waals surface area contributed by atoms with Crippen molar-refractivity contribution in [1.29, 1.82) is 0 Å². The summed E-state index contributed by atoms with van der Waals surface area (Å²) >= 11 is 0. The minimum Gasteiger partial charge on any atom is -0.387 e. The van der Waals surface area contributed by atoms with Gasteiger partial charge in [-0.3, -0.25) is 0 Å². The molecule has 0 amide bonds. The normalized spacial score (nSPS) is 30.6. The third kappa shape index (κ3) is 8.25. The molecule has 0 aromatic carbocycles. The van der Waals surface area contributed by atoms with Crippen LogP contribution in [0.3, 0.4) is 0 Å². The molecule has 3 unspecified atom stereocenters. The first kappa shape index (κ1) is 25.8. The molecule has 168 valence electrons. The van der Waals surface area contributed by atoms with Crippen molar-refractivity contribution in [3.8, 4) is 0 Å². The minimum absolute atomic E-state index is 0.453. The number of hydrogen-bond donors (Lipinski definition) is 2. The van der Waals surface area contributed by atoms with Crippen LogP contribution in [0.2, 0.25) is 0 Å². The third-order valence-corrected chi connectivity index (χ3v) is 5.23. The molecule has 1 fully saturated rings. The van der Waals surface area contributed by atoms with Gasteiger partial charge in [0.05, 0.1) is 0 Å². The van der Waals surface area contributed by atoms with Crippen LogP contribution in [-0.2, 0) is 18.9 Å². The van der Waals surface area contributed by atoms with Gasteiger partial charge in [0, 0.05) is 26.4 Å². The third-order valence-electron chi connectivity index (χ3n) is 5.23. The van der Waals surface area contributed by atoms with Crippen LogP contribution in [0.15, 0.2) is 0 Å². The lowest BCUT2D eigenvalue weighted by molar-refractivity contribution is -0.266. The van der Waals surface area contributed by atoms with Crippen molar-refractivity contribution in [1.82, 2.24) is 0 Å². The van der Waals surface area contributed by atoms with Gasteiger partial charge in [-0.05, 0) is 25.7 Å². The van der Waals surface area contributed by atoms with E-state index in [9.17, 15) is 10.2 Å². The highest BCUT2D eigenvalue weighted by atomic mass is 16.6. The molecule has 0 aromatic heterocycles. The van der Waals surface area contributed by atoms with Crippen molar-refractivity contribution in [2.45, 2.75) is 116 Å². The Morgan fingerprint density at radius 1 is 0.464 bits per heavy atom. The second kappa shape index (κ2) is 15.6. The van der Waals surface area contributed by atoms with E-state index in [2.05, 4.69) is 27.7 Å². The minimum atomic E-state index is -1.05. The van der Waals surface area contributed by atoms with E-state index >= 15 is 0 Å². The van der Waals surface area contributed by atoms with Gasteiger partial charge in [-0.1, -0.05) is 53.4 Å². The first-order chi connectivity index (χ1) is 13.6. The second-order valence-electron chi connectivity index (χ2n) is 7.74. The van der Waals surface area contributed by atoms with Gasteiger partial charge in [-0.2, -0.15) is 0 Å². The lowest BCUT2D eigenvalue weighted by Gasteiger charge is -2.47. The molecule has 2 N–H and O–H groups in total. The number of hydrogen-bond acceptors (Lipinski definition) is 6. The molecular formula is C22H44O6. The van der Waals surface area contributed by atoms with E-state index in [-0.39, 0.29) is 0 Å². The van der Waals surface area contributed by atoms with Crippen LogP contribution in [0.25, 0.3) is 0 Å². The smallest absolute Gasteiger partial charge is 0.115 e. The summed E-state index contributed by atoms with van der Waals surface area (Å²) in [6.45, 7) is 10.6. The summed E-state index contributed by atoms with van der Waals surface area (Å²) in [5.41, 5.74) is 0. The highest BCUT2D eigenvalue weighted by Crippen LogP contribution is 2.31. The maximum absolute atomic E-state index is 10.8. The van der Waals surface area contributed by atoms with Gasteiger partial charge in [0.1, 0.15) is 36.6 Å². The zero-order chi connectivity index (χ0) is 20.8. The first-order valence-corrected chi connectivity index (χ1v) is 11.4. The standard InChI is InChI=1S/C22H44O6/c1-5-9-13-25-19-17(23)18(24)20(26-14-10-6-2)22(28-16-12-8-4)21(19)27-15-11-7-3/h17-24H,5-16H2,1-4H3/t17-,18?,19?,20+,21?,22+/m1/s1. The van der Waals surface area contributed by atoms with E-state index in [1.54, 1.807) is 0 Å². The summed E-state index contributed by atoms with van der Waals surface area (Å²) in [4.78, 5) is 0. The maximum Gasteiger partial charge on any atom is 0.115 e. The van der Waals surface area contributed by atoms with Gasteiger partial charge in [-0.25, -0.2) is 0 Å². The monoisotopic (exact) mass is 404 g/mol. The van der Waals surface area contributed by atoms with Crippen molar-refractivity contribution in [2.24, 2.45) is 0 Å². The Morgan fingerprint density at radius 3 is 0.964 bits per heavy atom. The van der Waals surface area contributed by atoms with Crippen molar-refractivity contribution in [3.05, 3.63) is 0 Å². The van der Waals surface area contributed by atoms with Crippen LogP contribution in [0.4, 0.5) is 0 Å². The number of ether oxygens (including phenoxy) is 4. The molecule has 0 aromatic rings. The van der Waals surface area contributed by atoms with Crippen molar-refractivity contribution in [2.75, 3.05) is 26.4 Å². The highest BCUT2D eigenvalue weighted by Gasteiger charge is 2.52. The average molecular weight is 405 g/mol. The zero-order valence-electron chi connectivity index (χ0n) is 18.5. The van der Waals surface area contributed by atoms with Crippen LogP contribution in [0.5, 0.6) is 0 Å². The second-order valence-corrected chi connectivity index (χ2v) is 7.74. The lowest BCUT2D eigenvalue weighted by atomic mass is 9.84. The van der Waals surface area contributed by atoms with Crippen LogP contribution in [0, 0.1) is 0 Å². The summed E-state index contributed by atoms with van der Waals surface area (Å²) in [5.74, 6) is 0. The fourth-order valence-corrected chi connectivity index (χ4v) is 3.37. The number of unbranched alkanes of at least 4 members (excludes halogenated alkanes) is 4. The highest BCUT2D eigenvalue weighted by molar-refractivity contribution is 5.02. The van der Waals surface area contributed by atoms with Crippen molar-refractivity contribution in [3.63, 3.8) is 0 Å². The Labute approximate surface area is 171 Å². The summed E-state index contributed by atoms with van der Waals surface area (Å²) < 4.78 is 24.3. The molecule has 6 nitrogen and oxygen atoms in total. The largest absolute Gasteiger partial charge is 0.387 e. The maximum atomic E-state index is 10.8. The summed E-state index contributed by atoms with van der Waals surface area (Å²) in [6.07, 6.45) is 3.48. The van der Waals surface area contributed by atoms with Crippen LogP contribution >= 0.6 is 0 Å². The van der Waals surface area contributed by atoms with Gasteiger partial charge in [0.25, 0.3) is 0 Å².